The van der Waals surface area contributed by atoms with Gasteiger partial charge in [0.15, 0.2) is 0 Å². The molecule has 2 aliphatic rings. The highest BCUT2D eigenvalue weighted by Gasteiger charge is 2.25. The van der Waals surface area contributed by atoms with Crippen LogP contribution in [0.1, 0.15) is 43.4 Å². The molecule has 1 aromatic heterocycles. The number of nitrogens with one attached hydrogen (secondary N) is 1. The van der Waals surface area contributed by atoms with E-state index in [2.05, 4.69) is 41.5 Å². The van der Waals surface area contributed by atoms with Gasteiger partial charge in [-0.25, -0.2) is 0 Å². The maximum atomic E-state index is 6.12. The molecule has 2 fully saturated rings. The van der Waals surface area contributed by atoms with Gasteiger partial charge in [-0.1, -0.05) is 24.6 Å². The second-order valence-electron chi connectivity index (χ2n) is 6.65. The van der Waals surface area contributed by atoms with Crippen LogP contribution in [-0.2, 0) is 13.1 Å². The third-order valence-electron chi connectivity index (χ3n) is 5.02. The summed E-state index contributed by atoms with van der Waals surface area (Å²) in [6, 6.07) is 9.94. The van der Waals surface area contributed by atoms with Gasteiger partial charge in [-0.3, -0.25) is 4.90 Å². The van der Waals surface area contributed by atoms with Gasteiger partial charge in [0.2, 0.25) is 0 Å². The third-order valence-corrected chi connectivity index (χ3v) is 5.02. The van der Waals surface area contributed by atoms with Crippen molar-refractivity contribution in [3.8, 4) is 0 Å². The Balaban J connectivity index is 1.60. The average Bonchev–Trinajstić information content (AvgIpc) is 3.18. The minimum atomic E-state index is 0.718. The van der Waals surface area contributed by atoms with Crippen LogP contribution in [0.2, 0.25) is 0 Å². The van der Waals surface area contributed by atoms with E-state index >= 15 is 0 Å². The van der Waals surface area contributed by atoms with Crippen LogP contribution in [0.25, 0.3) is 11.0 Å². The Bertz CT molecular complexity index is 625. The lowest BCUT2D eigenvalue weighted by Gasteiger charge is -2.34. The predicted octanol–water partition coefficient (Wildman–Crippen LogP) is 3.67. The van der Waals surface area contributed by atoms with E-state index < -0.39 is 0 Å². The van der Waals surface area contributed by atoms with E-state index in [1.165, 1.54) is 43.1 Å². The van der Waals surface area contributed by atoms with Crippen LogP contribution in [0.3, 0.4) is 0 Å². The zero-order valence-electron chi connectivity index (χ0n) is 12.8. The maximum Gasteiger partial charge on any atom is 0.134 e. The Hall–Kier alpha value is -1.32. The lowest BCUT2D eigenvalue weighted by atomic mass is 9.91. The molecule has 1 aromatic carbocycles. The standard InChI is InChI=1S/C18H24N2O/c1-20(14-5-4-6-14)12-16-15-7-2-3-8-17(15)21-18(16)11-19-13-9-10-13/h2-3,7-8,13-14,19H,4-6,9-12H2,1H3. The largest absolute Gasteiger partial charge is 0.459 e. The van der Waals surface area contributed by atoms with E-state index in [0.29, 0.717) is 0 Å². The first kappa shape index (κ1) is 13.4. The first-order valence-electron chi connectivity index (χ1n) is 8.24. The van der Waals surface area contributed by atoms with E-state index in [9.17, 15) is 0 Å². The summed E-state index contributed by atoms with van der Waals surface area (Å²) in [5.41, 5.74) is 2.41. The third kappa shape index (κ3) is 2.72. The number of nitrogens with zero attached hydrogens (tertiary/aromatic N) is 1. The molecule has 21 heavy (non-hydrogen) atoms. The molecule has 3 heteroatoms. The Kier molecular flexibility index (Phi) is 3.48. The van der Waals surface area contributed by atoms with Crippen molar-refractivity contribution in [3.05, 3.63) is 35.6 Å². The molecule has 4 rings (SSSR count). The number of fused-ring (bicyclic) bond motifs is 1. The molecule has 1 heterocycles. The number of furan rings is 1. The predicted molar refractivity (Wildman–Crippen MR) is 85.2 cm³/mol. The Morgan fingerprint density at radius 2 is 2.00 bits per heavy atom. The molecule has 112 valence electrons. The van der Waals surface area contributed by atoms with Gasteiger partial charge in [0.25, 0.3) is 0 Å². The minimum Gasteiger partial charge on any atom is -0.459 e. The first-order chi connectivity index (χ1) is 10.3. The van der Waals surface area contributed by atoms with Gasteiger partial charge in [0, 0.05) is 29.6 Å². The summed E-state index contributed by atoms with van der Waals surface area (Å²) in [6.45, 7) is 1.87. The lowest BCUT2D eigenvalue weighted by Crippen LogP contribution is -2.36. The molecule has 0 bridgehead atoms. The number of rotatable bonds is 6. The van der Waals surface area contributed by atoms with Gasteiger partial charge in [-0.2, -0.15) is 0 Å². The normalized spacial score (nSPS) is 19.3. The van der Waals surface area contributed by atoms with Crippen molar-refractivity contribution in [1.82, 2.24) is 10.2 Å². The van der Waals surface area contributed by atoms with Crippen LogP contribution in [-0.4, -0.2) is 24.0 Å². The summed E-state index contributed by atoms with van der Waals surface area (Å²) in [5, 5.41) is 4.88. The fraction of sp³-hybridized carbons (Fsp3) is 0.556. The highest BCUT2D eigenvalue weighted by atomic mass is 16.3. The van der Waals surface area contributed by atoms with Crippen LogP contribution in [0.15, 0.2) is 28.7 Å². The smallest absolute Gasteiger partial charge is 0.134 e. The minimum absolute atomic E-state index is 0.718. The van der Waals surface area contributed by atoms with Crippen LogP contribution >= 0.6 is 0 Å². The molecule has 0 spiro atoms. The molecular formula is C18H24N2O. The summed E-state index contributed by atoms with van der Waals surface area (Å²) < 4.78 is 6.12. The van der Waals surface area contributed by atoms with E-state index in [-0.39, 0.29) is 0 Å². The van der Waals surface area contributed by atoms with Gasteiger partial charge in [0.05, 0.1) is 6.54 Å². The summed E-state index contributed by atoms with van der Waals surface area (Å²) in [4.78, 5) is 2.50. The molecule has 0 aliphatic heterocycles. The van der Waals surface area contributed by atoms with E-state index in [1.54, 1.807) is 0 Å². The number of hydrogen-bond donors (Lipinski definition) is 1. The molecule has 0 radical (unpaired) electrons. The summed E-state index contributed by atoms with van der Waals surface area (Å²) in [6.07, 6.45) is 6.72. The Morgan fingerprint density at radius 1 is 1.19 bits per heavy atom. The van der Waals surface area contributed by atoms with Gasteiger partial charge >= 0.3 is 0 Å². The average molecular weight is 284 g/mol. The molecule has 0 saturated heterocycles. The van der Waals surface area contributed by atoms with Gasteiger partial charge in [0.1, 0.15) is 11.3 Å². The fourth-order valence-electron chi connectivity index (χ4n) is 3.20. The molecule has 0 atom stereocenters. The Labute approximate surface area is 126 Å². The lowest BCUT2D eigenvalue weighted by molar-refractivity contribution is 0.152. The van der Waals surface area contributed by atoms with Crippen LogP contribution in [0, 0.1) is 0 Å². The molecule has 3 nitrogen and oxygen atoms in total. The second-order valence-corrected chi connectivity index (χ2v) is 6.65. The quantitative estimate of drug-likeness (QED) is 0.877. The fourth-order valence-corrected chi connectivity index (χ4v) is 3.20. The monoisotopic (exact) mass is 284 g/mol. The van der Waals surface area contributed by atoms with Crippen LogP contribution in [0.5, 0.6) is 0 Å². The molecule has 2 aliphatic carbocycles. The topological polar surface area (TPSA) is 28.4 Å². The second kappa shape index (κ2) is 5.47. The SMILES string of the molecule is CN(Cc1c(CNC2CC2)oc2ccccc12)C1CCC1. The summed E-state index contributed by atoms with van der Waals surface area (Å²) in [7, 11) is 2.25. The van der Waals surface area contributed by atoms with Crippen molar-refractivity contribution in [2.24, 2.45) is 0 Å². The number of benzene rings is 1. The van der Waals surface area contributed by atoms with E-state index in [4.69, 9.17) is 4.42 Å². The molecule has 1 N–H and O–H groups in total. The van der Waals surface area contributed by atoms with Crippen molar-refractivity contribution in [1.29, 1.82) is 0 Å². The zero-order chi connectivity index (χ0) is 14.2. The molecular weight excluding hydrogens is 260 g/mol. The molecule has 0 unspecified atom stereocenters. The van der Waals surface area contributed by atoms with Crippen molar-refractivity contribution >= 4 is 11.0 Å². The first-order valence-corrected chi connectivity index (χ1v) is 8.24. The maximum absolute atomic E-state index is 6.12. The van der Waals surface area contributed by atoms with Gasteiger partial charge in [-0.05, 0) is 38.8 Å². The van der Waals surface area contributed by atoms with E-state index in [0.717, 1.165) is 36.5 Å². The number of hydrogen-bond acceptors (Lipinski definition) is 3. The molecule has 0 amide bonds. The van der Waals surface area contributed by atoms with Gasteiger partial charge < -0.3 is 9.73 Å². The van der Waals surface area contributed by atoms with Crippen molar-refractivity contribution in [2.75, 3.05) is 7.05 Å². The van der Waals surface area contributed by atoms with Crippen LogP contribution in [0.4, 0.5) is 0 Å². The van der Waals surface area contributed by atoms with Crippen molar-refractivity contribution in [2.45, 2.75) is 57.3 Å². The highest BCUT2D eigenvalue weighted by molar-refractivity contribution is 5.82. The number of para-hydroxylation sites is 1. The van der Waals surface area contributed by atoms with Crippen LogP contribution < -0.4 is 5.32 Å². The Morgan fingerprint density at radius 3 is 2.71 bits per heavy atom. The van der Waals surface area contributed by atoms with Gasteiger partial charge in [-0.15, -0.1) is 0 Å². The van der Waals surface area contributed by atoms with Crippen molar-refractivity contribution in [3.63, 3.8) is 0 Å². The van der Waals surface area contributed by atoms with E-state index in [1.807, 2.05) is 0 Å². The zero-order valence-corrected chi connectivity index (χ0v) is 12.8. The summed E-state index contributed by atoms with van der Waals surface area (Å²) >= 11 is 0. The highest BCUT2D eigenvalue weighted by Crippen LogP contribution is 2.31. The molecule has 2 aromatic rings. The van der Waals surface area contributed by atoms with Crippen molar-refractivity contribution < 1.29 is 4.42 Å². The molecule has 2 saturated carbocycles. The summed E-state index contributed by atoms with van der Waals surface area (Å²) in [5.74, 6) is 1.13.